The van der Waals surface area contributed by atoms with Crippen LogP contribution in [-0.4, -0.2) is 9.78 Å². The smallest absolute Gasteiger partial charge is 0.260 e. The Balaban J connectivity index is 2.27. The summed E-state index contributed by atoms with van der Waals surface area (Å²) in [6.45, 7) is 1.95. The molecule has 0 aromatic carbocycles. The standard InChI is InChI=1S/C12H17F3N2/c1-2-17-11(12(13,14)15)8-10(16-17)9-6-4-3-5-7-9/h8-9H,2-7H2,1H3. The van der Waals surface area contributed by atoms with Crippen LogP contribution in [0.3, 0.4) is 0 Å². The van der Waals surface area contributed by atoms with Crippen LogP contribution in [0.15, 0.2) is 6.07 Å². The normalized spacial score (nSPS) is 18.6. The van der Waals surface area contributed by atoms with Crippen molar-refractivity contribution in [1.82, 2.24) is 9.78 Å². The Morgan fingerprint density at radius 1 is 1.29 bits per heavy atom. The van der Waals surface area contributed by atoms with Crippen molar-refractivity contribution >= 4 is 0 Å². The number of hydrogen-bond donors (Lipinski definition) is 0. The number of aryl methyl sites for hydroxylation is 1. The van der Waals surface area contributed by atoms with Gasteiger partial charge >= 0.3 is 6.18 Å². The van der Waals surface area contributed by atoms with Crippen LogP contribution in [-0.2, 0) is 12.7 Å². The Morgan fingerprint density at radius 3 is 2.41 bits per heavy atom. The second kappa shape index (κ2) is 4.70. The van der Waals surface area contributed by atoms with Gasteiger partial charge in [-0.15, -0.1) is 0 Å². The van der Waals surface area contributed by atoms with E-state index in [4.69, 9.17) is 0 Å². The number of alkyl halides is 3. The Hall–Kier alpha value is -1.00. The van der Waals surface area contributed by atoms with Crippen LogP contribution in [0.25, 0.3) is 0 Å². The largest absolute Gasteiger partial charge is 0.433 e. The van der Waals surface area contributed by atoms with Crippen LogP contribution in [0.2, 0.25) is 0 Å². The summed E-state index contributed by atoms with van der Waals surface area (Å²) in [4.78, 5) is 0. The number of halogens is 3. The molecule has 1 fully saturated rings. The van der Waals surface area contributed by atoms with Gasteiger partial charge in [0.2, 0.25) is 0 Å². The highest BCUT2D eigenvalue weighted by Crippen LogP contribution is 2.36. The lowest BCUT2D eigenvalue weighted by molar-refractivity contribution is -0.144. The maximum Gasteiger partial charge on any atom is 0.433 e. The molecule has 17 heavy (non-hydrogen) atoms. The fraction of sp³-hybridized carbons (Fsp3) is 0.750. The van der Waals surface area contributed by atoms with E-state index in [-0.39, 0.29) is 12.5 Å². The SMILES string of the molecule is CCn1nc(C2CCCCC2)cc1C(F)(F)F. The highest BCUT2D eigenvalue weighted by Gasteiger charge is 2.36. The van der Waals surface area contributed by atoms with Crippen molar-refractivity contribution in [3.63, 3.8) is 0 Å². The van der Waals surface area contributed by atoms with E-state index in [9.17, 15) is 13.2 Å². The second-order valence-corrected chi connectivity index (χ2v) is 4.60. The molecule has 5 heteroatoms. The summed E-state index contributed by atoms with van der Waals surface area (Å²) < 4.78 is 39.3. The van der Waals surface area contributed by atoms with Crippen LogP contribution < -0.4 is 0 Å². The van der Waals surface area contributed by atoms with Gasteiger partial charge in [-0.25, -0.2) is 0 Å². The van der Waals surface area contributed by atoms with E-state index in [2.05, 4.69) is 5.10 Å². The number of rotatable bonds is 2. The zero-order chi connectivity index (χ0) is 12.5. The summed E-state index contributed by atoms with van der Waals surface area (Å²) in [5.74, 6) is 0.220. The minimum Gasteiger partial charge on any atom is -0.260 e. The van der Waals surface area contributed by atoms with Crippen molar-refractivity contribution in [2.45, 2.75) is 57.7 Å². The van der Waals surface area contributed by atoms with E-state index >= 15 is 0 Å². The molecule has 0 bridgehead atoms. The molecular weight excluding hydrogens is 229 g/mol. The molecule has 0 N–H and O–H groups in total. The Bertz CT molecular complexity index is 376. The highest BCUT2D eigenvalue weighted by molar-refractivity contribution is 5.17. The molecule has 1 aromatic rings. The fourth-order valence-electron chi connectivity index (χ4n) is 2.50. The topological polar surface area (TPSA) is 17.8 Å². The molecule has 0 saturated heterocycles. The molecule has 1 aliphatic carbocycles. The highest BCUT2D eigenvalue weighted by atomic mass is 19.4. The first kappa shape index (κ1) is 12.5. The molecule has 0 amide bonds. The third-order valence-corrected chi connectivity index (χ3v) is 3.41. The molecule has 0 atom stereocenters. The van der Waals surface area contributed by atoms with Crippen molar-refractivity contribution in [1.29, 1.82) is 0 Å². The fourth-order valence-corrected chi connectivity index (χ4v) is 2.50. The van der Waals surface area contributed by atoms with Crippen molar-refractivity contribution in [3.8, 4) is 0 Å². The molecule has 96 valence electrons. The zero-order valence-corrected chi connectivity index (χ0v) is 9.93. The summed E-state index contributed by atoms with van der Waals surface area (Å²) in [6.07, 6.45) is 1.04. The van der Waals surface area contributed by atoms with E-state index in [0.717, 1.165) is 30.4 Å². The summed E-state index contributed by atoms with van der Waals surface area (Å²) in [5.41, 5.74) is 0.0134. The first-order valence-electron chi connectivity index (χ1n) is 6.17. The molecule has 1 aliphatic rings. The summed E-state index contributed by atoms with van der Waals surface area (Å²) in [6, 6.07) is 1.24. The predicted octanol–water partition coefficient (Wildman–Crippen LogP) is 3.97. The van der Waals surface area contributed by atoms with Crippen LogP contribution in [0.5, 0.6) is 0 Å². The summed E-state index contributed by atoms with van der Waals surface area (Å²) >= 11 is 0. The van der Waals surface area contributed by atoms with Crippen molar-refractivity contribution in [3.05, 3.63) is 17.5 Å². The monoisotopic (exact) mass is 246 g/mol. The quantitative estimate of drug-likeness (QED) is 0.772. The molecule has 2 rings (SSSR count). The van der Waals surface area contributed by atoms with Crippen molar-refractivity contribution < 1.29 is 13.2 Å². The third-order valence-electron chi connectivity index (χ3n) is 3.41. The average Bonchev–Trinajstić information content (AvgIpc) is 2.74. The van der Waals surface area contributed by atoms with E-state index in [1.807, 2.05) is 0 Å². The summed E-state index contributed by atoms with van der Waals surface area (Å²) in [5, 5.41) is 4.12. The van der Waals surface area contributed by atoms with E-state index in [0.29, 0.717) is 5.69 Å². The second-order valence-electron chi connectivity index (χ2n) is 4.60. The first-order valence-corrected chi connectivity index (χ1v) is 6.17. The molecule has 1 saturated carbocycles. The zero-order valence-electron chi connectivity index (χ0n) is 9.93. The minimum absolute atomic E-state index is 0.220. The molecule has 0 spiro atoms. The van der Waals surface area contributed by atoms with Gasteiger partial charge in [-0.05, 0) is 25.8 Å². The first-order chi connectivity index (χ1) is 8.02. The Morgan fingerprint density at radius 2 is 1.94 bits per heavy atom. The van der Waals surface area contributed by atoms with Crippen LogP contribution in [0.4, 0.5) is 13.2 Å². The van der Waals surface area contributed by atoms with Crippen LogP contribution in [0.1, 0.15) is 56.3 Å². The molecule has 2 nitrogen and oxygen atoms in total. The van der Waals surface area contributed by atoms with Gasteiger partial charge in [0, 0.05) is 12.5 Å². The van der Waals surface area contributed by atoms with Gasteiger partial charge in [-0.2, -0.15) is 18.3 Å². The molecule has 1 heterocycles. The van der Waals surface area contributed by atoms with Gasteiger partial charge in [-0.1, -0.05) is 19.3 Å². The Kier molecular flexibility index (Phi) is 3.45. The predicted molar refractivity (Wildman–Crippen MR) is 58.7 cm³/mol. The van der Waals surface area contributed by atoms with Gasteiger partial charge in [0.25, 0.3) is 0 Å². The number of nitrogens with zero attached hydrogens (tertiary/aromatic N) is 2. The number of hydrogen-bond acceptors (Lipinski definition) is 1. The number of aromatic nitrogens is 2. The van der Waals surface area contributed by atoms with E-state index < -0.39 is 11.9 Å². The lowest BCUT2D eigenvalue weighted by atomic mass is 9.87. The average molecular weight is 246 g/mol. The lowest BCUT2D eigenvalue weighted by Crippen LogP contribution is -2.13. The van der Waals surface area contributed by atoms with Crippen molar-refractivity contribution in [2.75, 3.05) is 0 Å². The maximum absolute atomic E-state index is 12.8. The molecule has 0 aliphatic heterocycles. The third kappa shape index (κ3) is 2.64. The van der Waals surface area contributed by atoms with Gasteiger partial charge in [0.1, 0.15) is 5.69 Å². The van der Waals surface area contributed by atoms with Gasteiger partial charge in [-0.3, -0.25) is 4.68 Å². The summed E-state index contributed by atoms with van der Waals surface area (Å²) in [7, 11) is 0. The molecular formula is C12H17F3N2. The van der Waals surface area contributed by atoms with Gasteiger partial charge in [0.05, 0.1) is 5.69 Å². The minimum atomic E-state index is -4.30. The Labute approximate surface area is 98.8 Å². The van der Waals surface area contributed by atoms with Gasteiger partial charge in [0.15, 0.2) is 0 Å². The van der Waals surface area contributed by atoms with E-state index in [1.165, 1.54) is 12.5 Å². The lowest BCUT2D eigenvalue weighted by Gasteiger charge is -2.19. The van der Waals surface area contributed by atoms with Crippen molar-refractivity contribution in [2.24, 2.45) is 0 Å². The maximum atomic E-state index is 12.8. The van der Waals surface area contributed by atoms with Gasteiger partial charge < -0.3 is 0 Å². The van der Waals surface area contributed by atoms with Crippen LogP contribution >= 0.6 is 0 Å². The van der Waals surface area contributed by atoms with Crippen LogP contribution in [0, 0.1) is 0 Å². The molecule has 1 aromatic heterocycles. The van der Waals surface area contributed by atoms with E-state index in [1.54, 1.807) is 6.92 Å². The molecule has 0 radical (unpaired) electrons. The molecule has 0 unspecified atom stereocenters.